The van der Waals surface area contributed by atoms with Crippen LogP contribution in [0.4, 0.5) is 10.6 Å². The molecule has 7 nitrogen and oxygen atoms in total. The van der Waals surface area contributed by atoms with Gasteiger partial charge in [0.15, 0.2) is 5.82 Å². The number of nitrogens with two attached hydrogens (primary N) is 1. The smallest absolute Gasteiger partial charge is 0.415 e. The summed E-state index contributed by atoms with van der Waals surface area (Å²) in [6.07, 6.45) is 6.44. The van der Waals surface area contributed by atoms with E-state index >= 15 is 0 Å². The van der Waals surface area contributed by atoms with E-state index in [4.69, 9.17) is 10.5 Å². The second-order valence-corrected chi connectivity index (χ2v) is 7.77. The third-order valence-corrected chi connectivity index (χ3v) is 4.71. The van der Waals surface area contributed by atoms with Gasteiger partial charge in [0.05, 0.1) is 5.39 Å². The summed E-state index contributed by atoms with van der Waals surface area (Å²) in [5, 5.41) is 0.854. The SMILES string of the molecule is CN(C(=O)OC(C)(C)C)c1ncnc2c1ccn2C1CCC(CN)C1. The predicted octanol–water partition coefficient (Wildman–Crippen LogP) is 3.10. The number of amides is 1. The number of hydrogen-bond donors (Lipinski definition) is 1. The molecule has 1 fully saturated rings. The first-order chi connectivity index (χ1) is 11.8. The van der Waals surface area contributed by atoms with Crippen LogP contribution in [0.3, 0.4) is 0 Å². The lowest BCUT2D eigenvalue weighted by molar-refractivity contribution is 0.0588. The lowest BCUT2D eigenvalue weighted by Gasteiger charge is -2.24. The average Bonchev–Trinajstić information content (AvgIpc) is 3.18. The molecule has 136 valence electrons. The molecule has 1 aliphatic rings. The van der Waals surface area contributed by atoms with Gasteiger partial charge in [0.1, 0.15) is 17.6 Å². The van der Waals surface area contributed by atoms with Gasteiger partial charge < -0.3 is 15.0 Å². The van der Waals surface area contributed by atoms with Crippen LogP contribution in [0.5, 0.6) is 0 Å². The van der Waals surface area contributed by atoms with Crippen molar-refractivity contribution in [3.05, 3.63) is 18.6 Å². The summed E-state index contributed by atoms with van der Waals surface area (Å²) < 4.78 is 7.64. The molecule has 2 N–H and O–H groups in total. The van der Waals surface area contributed by atoms with Gasteiger partial charge in [0.2, 0.25) is 0 Å². The van der Waals surface area contributed by atoms with Crippen molar-refractivity contribution in [1.82, 2.24) is 14.5 Å². The molecule has 1 aliphatic carbocycles. The van der Waals surface area contributed by atoms with Gasteiger partial charge in [-0.25, -0.2) is 14.8 Å². The summed E-state index contributed by atoms with van der Waals surface area (Å²) in [6, 6.07) is 2.38. The maximum Gasteiger partial charge on any atom is 0.415 e. The van der Waals surface area contributed by atoms with Gasteiger partial charge in [-0.15, -0.1) is 0 Å². The minimum absolute atomic E-state index is 0.403. The highest BCUT2D eigenvalue weighted by Gasteiger charge is 2.28. The fourth-order valence-electron chi connectivity index (χ4n) is 3.45. The zero-order valence-electron chi connectivity index (χ0n) is 15.4. The number of rotatable bonds is 3. The number of nitrogens with zero attached hydrogens (tertiary/aromatic N) is 4. The number of carbonyl (C=O) groups is 1. The molecule has 0 saturated heterocycles. The number of anilines is 1. The molecule has 2 aromatic rings. The first kappa shape index (κ1) is 17.7. The summed E-state index contributed by atoms with van der Waals surface area (Å²) in [7, 11) is 1.67. The highest BCUT2D eigenvalue weighted by molar-refractivity contribution is 5.97. The predicted molar refractivity (Wildman–Crippen MR) is 97.6 cm³/mol. The molecule has 0 aromatic carbocycles. The standard InChI is InChI=1S/C18H27N5O2/c1-18(2,3)25-17(24)22(4)15-14-7-8-23(16(14)21-11-20-15)13-6-5-12(9-13)10-19/h7-8,11-13H,5-6,9-10,19H2,1-4H3. The van der Waals surface area contributed by atoms with Crippen molar-refractivity contribution in [3.63, 3.8) is 0 Å². The Balaban J connectivity index is 1.90. The molecule has 25 heavy (non-hydrogen) atoms. The molecule has 7 heteroatoms. The lowest BCUT2D eigenvalue weighted by Crippen LogP contribution is -2.34. The molecule has 1 amide bonds. The zero-order valence-corrected chi connectivity index (χ0v) is 15.4. The Bertz CT molecular complexity index is 764. The highest BCUT2D eigenvalue weighted by atomic mass is 16.6. The summed E-state index contributed by atoms with van der Waals surface area (Å²) in [5.74, 6) is 1.14. The Labute approximate surface area is 148 Å². The zero-order chi connectivity index (χ0) is 18.2. The van der Waals surface area contributed by atoms with E-state index < -0.39 is 11.7 Å². The van der Waals surface area contributed by atoms with Crippen LogP contribution in [-0.4, -0.2) is 39.8 Å². The van der Waals surface area contributed by atoms with Gasteiger partial charge in [0, 0.05) is 19.3 Å². The van der Waals surface area contributed by atoms with E-state index in [1.54, 1.807) is 7.05 Å². The van der Waals surface area contributed by atoms with Crippen molar-refractivity contribution in [2.75, 3.05) is 18.5 Å². The number of ether oxygens (including phenoxy) is 1. The molecule has 2 atom stereocenters. The third-order valence-electron chi connectivity index (χ3n) is 4.71. The normalized spacial score (nSPS) is 20.8. The van der Waals surface area contributed by atoms with Gasteiger partial charge in [0.25, 0.3) is 0 Å². The van der Waals surface area contributed by atoms with Crippen LogP contribution in [0.15, 0.2) is 18.6 Å². The molecule has 0 bridgehead atoms. The number of fused-ring (bicyclic) bond motifs is 1. The van der Waals surface area contributed by atoms with Gasteiger partial charge in [-0.05, 0) is 58.6 Å². The van der Waals surface area contributed by atoms with Crippen molar-refractivity contribution in [2.24, 2.45) is 11.7 Å². The second kappa shape index (κ2) is 6.63. The topological polar surface area (TPSA) is 86.3 Å². The second-order valence-electron chi connectivity index (χ2n) is 7.77. The Morgan fingerprint density at radius 1 is 1.40 bits per heavy atom. The van der Waals surface area contributed by atoms with E-state index in [1.165, 1.54) is 11.2 Å². The Hall–Kier alpha value is -2.15. The van der Waals surface area contributed by atoms with Crippen molar-refractivity contribution < 1.29 is 9.53 Å². The van der Waals surface area contributed by atoms with Gasteiger partial charge in [-0.2, -0.15) is 0 Å². The largest absolute Gasteiger partial charge is 0.443 e. The van der Waals surface area contributed by atoms with Crippen molar-refractivity contribution in [1.29, 1.82) is 0 Å². The fraction of sp³-hybridized carbons (Fsp3) is 0.611. The van der Waals surface area contributed by atoms with Crippen molar-refractivity contribution in [3.8, 4) is 0 Å². The van der Waals surface area contributed by atoms with Crippen LogP contribution in [0.2, 0.25) is 0 Å². The molecular weight excluding hydrogens is 318 g/mol. The number of hydrogen-bond acceptors (Lipinski definition) is 5. The van der Waals surface area contributed by atoms with Crippen LogP contribution in [0, 0.1) is 5.92 Å². The molecule has 1 saturated carbocycles. The minimum Gasteiger partial charge on any atom is -0.443 e. The third kappa shape index (κ3) is 3.61. The van der Waals surface area contributed by atoms with E-state index in [9.17, 15) is 4.79 Å². The first-order valence-electron chi connectivity index (χ1n) is 8.78. The van der Waals surface area contributed by atoms with E-state index in [2.05, 4.69) is 14.5 Å². The van der Waals surface area contributed by atoms with Crippen molar-refractivity contribution in [2.45, 2.75) is 51.7 Å². The van der Waals surface area contributed by atoms with Gasteiger partial charge in [-0.3, -0.25) is 4.90 Å². The van der Waals surface area contributed by atoms with E-state index in [-0.39, 0.29) is 0 Å². The van der Waals surface area contributed by atoms with Crippen LogP contribution < -0.4 is 10.6 Å². The summed E-state index contributed by atoms with van der Waals surface area (Å²) in [4.78, 5) is 22.6. The van der Waals surface area contributed by atoms with Gasteiger partial charge in [-0.1, -0.05) is 0 Å². The van der Waals surface area contributed by atoms with Crippen LogP contribution >= 0.6 is 0 Å². The Kier molecular flexibility index (Phi) is 4.69. The Morgan fingerprint density at radius 2 is 2.16 bits per heavy atom. The average molecular weight is 345 g/mol. The monoisotopic (exact) mass is 345 g/mol. The van der Waals surface area contributed by atoms with Crippen LogP contribution in [0.1, 0.15) is 46.1 Å². The quantitative estimate of drug-likeness (QED) is 0.924. The van der Waals surface area contributed by atoms with Crippen LogP contribution in [0.25, 0.3) is 11.0 Å². The maximum atomic E-state index is 12.4. The molecule has 0 spiro atoms. The maximum absolute atomic E-state index is 12.4. The van der Waals surface area contributed by atoms with Crippen molar-refractivity contribution >= 4 is 22.9 Å². The number of aromatic nitrogens is 3. The fourth-order valence-corrected chi connectivity index (χ4v) is 3.45. The summed E-state index contributed by atoms with van der Waals surface area (Å²) >= 11 is 0. The molecule has 2 heterocycles. The molecule has 3 rings (SSSR count). The molecule has 2 aromatic heterocycles. The van der Waals surface area contributed by atoms with Crippen LogP contribution in [-0.2, 0) is 4.74 Å². The molecule has 0 aliphatic heterocycles. The van der Waals surface area contributed by atoms with E-state index in [0.717, 1.165) is 36.8 Å². The lowest BCUT2D eigenvalue weighted by atomic mass is 10.1. The summed E-state index contributed by atoms with van der Waals surface area (Å²) in [5.41, 5.74) is 6.12. The minimum atomic E-state index is -0.551. The van der Waals surface area contributed by atoms with Gasteiger partial charge >= 0.3 is 6.09 Å². The highest BCUT2D eigenvalue weighted by Crippen LogP contribution is 2.37. The molecular formula is C18H27N5O2. The number of carbonyl (C=O) groups excluding carboxylic acids is 1. The molecule has 2 unspecified atom stereocenters. The Morgan fingerprint density at radius 3 is 2.80 bits per heavy atom. The first-order valence-corrected chi connectivity index (χ1v) is 8.78. The van der Waals surface area contributed by atoms with E-state index in [0.29, 0.717) is 17.8 Å². The van der Waals surface area contributed by atoms with E-state index in [1.807, 2.05) is 33.0 Å². The summed E-state index contributed by atoms with van der Waals surface area (Å²) in [6.45, 7) is 6.27. The molecule has 0 radical (unpaired) electrons.